The third kappa shape index (κ3) is 1.22. The number of nitrogens with one attached hydrogen (secondary N) is 1. The van der Waals surface area contributed by atoms with E-state index in [0.717, 1.165) is 18.4 Å². The van der Waals surface area contributed by atoms with E-state index >= 15 is 0 Å². The van der Waals surface area contributed by atoms with Gasteiger partial charge in [-0.2, -0.15) is 5.10 Å². The Morgan fingerprint density at radius 2 is 2.45 bits per heavy atom. The average molecular weight is 147 g/mol. The van der Waals surface area contributed by atoms with Crippen molar-refractivity contribution < 1.29 is 0 Å². The van der Waals surface area contributed by atoms with Crippen molar-refractivity contribution in [1.29, 1.82) is 0 Å². The van der Waals surface area contributed by atoms with Crippen molar-refractivity contribution in [3.63, 3.8) is 0 Å². The summed E-state index contributed by atoms with van der Waals surface area (Å²) in [5.41, 5.74) is 2.42. The minimum absolute atomic E-state index is 1.04. The molecule has 56 valence electrons. The van der Waals surface area contributed by atoms with Crippen LogP contribution in [0, 0.1) is 0 Å². The normalized spacial score (nSPS) is 16.5. The van der Waals surface area contributed by atoms with Crippen LogP contribution in [0.15, 0.2) is 23.6 Å². The third-order valence-corrected chi connectivity index (χ3v) is 1.75. The van der Waals surface area contributed by atoms with E-state index in [1.54, 1.807) is 0 Å². The number of aromatic nitrogens is 2. The van der Waals surface area contributed by atoms with Crippen molar-refractivity contribution >= 4 is 11.8 Å². The lowest BCUT2D eigenvalue weighted by atomic mass is 10.1. The third-order valence-electron chi connectivity index (χ3n) is 1.75. The van der Waals surface area contributed by atoms with Crippen molar-refractivity contribution in [3.05, 3.63) is 24.2 Å². The largest absolute Gasteiger partial charge is 0.285 e. The van der Waals surface area contributed by atoms with Gasteiger partial charge in [0.15, 0.2) is 0 Å². The maximum absolute atomic E-state index is 4.09. The monoisotopic (exact) mass is 147 g/mol. The fourth-order valence-electron chi connectivity index (χ4n) is 1.15. The Balaban J connectivity index is 2.29. The first-order valence-corrected chi connectivity index (χ1v) is 3.66. The summed E-state index contributed by atoms with van der Waals surface area (Å²) in [4.78, 5) is 4.09. The molecule has 0 saturated carbocycles. The lowest BCUT2D eigenvalue weighted by molar-refractivity contribution is 1.09. The summed E-state index contributed by atoms with van der Waals surface area (Å²) in [6, 6.07) is 0. The molecular weight excluding hydrogens is 138 g/mol. The predicted octanol–water partition coefficient (Wildman–Crippen LogP) is 1.62. The highest BCUT2D eigenvalue weighted by atomic mass is 15.1. The fraction of sp³-hybridized carbons (Fsp3) is 0.250. The van der Waals surface area contributed by atoms with Crippen LogP contribution in [0.4, 0.5) is 0 Å². The van der Waals surface area contributed by atoms with E-state index in [2.05, 4.69) is 15.2 Å². The van der Waals surface area contributed by atoms with Crippen LogP contribution in [-0.2, 0) is 0 Å². The van der Waals surface area contributed by atoms with Gasteiger partial charge in [-0.05, 0) is 18.4 Å². The van der Waals surface area contributed by atoms with Crippen LogP contribution in [0.25, 0.3) is 5.57 Å². The van der Waals surface area contributed by atoms with Gasteiger partial charge in [0, 0.05) is 24.2 Å². The minimum atomic E-state index is 1.04. The van der Waals surface area contributed by atoms with Crippen molar-refractivity contribution in [2.75, 3.05) is 0 Å². The Morgan fingerprint density at radius 3 is 3.09 bits per heavy atom. The van der Waals surface area contributed by atoms with Gasteiger partial charge in [-0.15, -0.1) is 0 Å². The molecule has 0 spiro atoms. The number of hydrogen-bond acceptors (Lipinski definition) is 2. The van der Waals surface area contributed by atoms with Crippen molar-refractivity contribution in [3.8, 4) is 0 Å². The van der Waals surface area contributed by atoms with Crippen LogP contribution in [-0.4, -0.2) is 16.4 Å². The van der Waals surface area contributed by atoms with Gasteiger partial charge in [-0.3, -0.25) is 10.1 Å². The zero-order valence-electron chi connectivity index (χ0n) is 6.12. The van der Waals surface area contributed by atoms with Gasteiger partial charge in [-0.25, -0.2) is 0 Å². The van der Waals surface area contributed by atoms with Crippen LogP contribution in [0.3, 0.4) is 0 Å². The molecule has 1 N–H and O–H groups in total. The molecule has 1 aliphatic rings. The van der Waals surface area contributed by atoms with E-state index in [4.69, 9.17) is 0 Å². The number of rotatable bonds is 1. The highest BCUT2D eigenvalue weighted by molar-refractivity contribution is 5.73. The van der Waals surface area contributed by atoms with Crippen LogP contribution in [0.1, 0.15) is 18.4 Å². The zero-order valence-corrected chi connectivity index (χ0v) is 6.12. The summed E-state index contributed by atoms with van der Waals surface area (Å²) in [5, 5.41) is 6.66. The second-order valence-corrected chi connectivity index (χ2v) is 2.51. The molecule has 0 saturated heterocycles. The number of allylic oxidation sites excluding steroid dienone is 1. The van der Waals surface area contributed by atoms with Gasteiger partial charge in [-0.1, -0.05) is 0 Å². The molecule has 1 aliphatic heterocycles. The Morgan fingerprint density at radius 1 is 1.45 bits per heavy atom. The Kier molecular flexibility index (Phi) is 1.55. The molecule has 2 heterocycles. The molecule has 0 bridgehead atoms. The van der Waals surface area contributed by atoms with Gasteiger partial charge < -0.3 is 0 Å². The second kappa shape index (κ2) is 2.70. The van der Waals surface area contributed by atoms with Gasteiger partial charge in [0.2, 0.25) is 0 Å². The molecular formula is C8H9N3. The van der Waals surface area contributed by atoms with Gasteiger partial charge in [0.1, 0.15) is 0 Å². The molecule has 0 aromatic carbocycles. The van der Waals surface area contributed by atoms with E-state index < -0.39 is 0 Å². The Labute approximate surface area is 64.9 Å². The molecule has 2 rings (SSSR count). The first kappa shape index (κ1) is 6.34. The molecule has 11 heavy (non-hydrogen) atoms. The highest BCUT2D eigenvalue weighted by Gasteiger charge is 2.03. The Hall–Kier alpha value is -1.38. The minimum Gasteiger partial charge on any atom is -0.285 e. The van der Waals surface area contributed by atoms with Crippen LogP contribution in [0.5, 0.6) is 0 Å². The van der Waals surface area contributed by atoms with Gasteiger partial charge in [0.25, 0.3) is 0 Å². The molecule has 0 aliphatic carbocycles. The second-order valence-electron chi connectivity index (χ2n) is 2.51. The van der Waals surface area contributed by atoms with Crippen LogP contribution >= 0.6 is 0 Å². The smallest absolute Gasteiger partial charge is 0.0563 e. The molecule has 0 amide bonds. The fourth-order valence-corrected chi connectivity index (χ4v) is 1.15. The van der Waals surface area contributed by atoms with Gasteiger partial charge >= 0.3 is 0 Å². The lowest BCUT2D eigenvalue weighted by Gasteiger charge is -2.03. The van der Waals surface area contributed by atoms with Crippen molar-refractivity contribution in [2.24, 2.45) is 4.99 Å². The summed E-state index contributed by atoms with van der Waals surface area (Å²) in [5.74, 6) is 0. The van der Waals surface area contributed by atoms with E-state index in [1.807, 2.05) is 24.8 Å². The standard InChI is InChI=1S/C8H9N3/c1-2-7(4-9-3-1)8-5-10-11-6-8/h3-6H,1-2H2,(H,10,11). The molecule has 0 radical (unpaired) electrons. The summed E-state index contributed by atoms with van der Waals surface area (Å²) in [6.45, 7) is 0. The van der Waals surface area contributed by atoms with Gasteiger partial charge in [0.05, 0.1) is 6.20 Å². The van der Waals surface area contributed by atoms with Crippen molar-refractivity contribution in [1.82, 2.24) is 10.2 Å². The number of H-pyrrole nitrogens is 1. The average Bonchev–Trinajstić information content (AvgIpc) is 2.58. The molecule has 3 heteroatoms. The highest BCUT2D eigenvalue weighted by Crippen LogP contribution is 2.20. The molecule has 1 aromatic rings. The molecule has 0 unspecified atom stereocenters. The summed E-state index contributed by atoms with van der Waals surface area (Å²) >= 11 is 0. The number of nitrogens with zero attached hydrogens (tertiary/aromatic N) is 2. The summed E-state index contributed by atoms with van der Waals surface area (Å²) < 4.78 is 0. The summed E-state index contributed by atoms with van der Waals surface area (Å²) in [6.07, 6.45) is 9.66. The van der Waals surface area contributed by atoms with Crippen molar-refractivity contribution in [2.45, 2.75) is 12.8 Å². The molecule has 0 atom stereocenters. The lowest BCUT2D eigenvalue weighted by Crippen LogP contribution is -1.88. The quantitative estimate of drug-likeness (QED) is 0.644. The number of aliphatic imine (C=N–C) groups is 1. The zero-order chi connectivity index (χ0) is 7.52. The van der Waals surface area contributed by atoms with Crippen LogP contribution in [0.2, 0.25) is 0 Å². The topological polar surface area (TPSA) is 41.0 Å². The molecule has 1 aromatic heterocycles. The van der Waals surface area contributed by atoms with Crippen LogP contribution < -0.4 is 0 Å². The van der Waals surface area contributed by atoms with E-state index in [-0.39, 0.29) is 0 Å². The van der Waals surface area contributed by atoms with E-state index in [0.29, 0.717) is 0 Å². The Bertz CT molecular complexity index is 282. The summed E-state index contributed by atoms with van der Waals surface area (Å²) in [7, 11) is 0. The predicted molar refractivity (Wildman–Crippen MR) is 44.3 cm³/mol. The maximum atomic E-state index is 4.09. The number of aromatic amines is 1. The first-order valence-electron chi connectivity index (χ1n) is 3.66. The molecule has 0 fully saturated rings. The van der Waals surface area contributed by atoms with E-state index in [1.165, 1.54) is 5.57 Å². The number of hydrogen-bond donors (Lipinski definition) is 1. The SMILES string of the molecule is C1=NC=C(c2cn[nH]c2)CC1. The first-order chi connectivity index (χ1) is 5.47. The molecule has 3 nitrogen and oxygen atoms in total. The maximum Gasteiger partial charge on any atom is 0.0563 e. The van der Waals surface area contributed by atoms with E-state index in [9.17, 15) is 0 Å².